The Bertz CT molecular complexity index is 1480. The molecular formula is C26H23FN6O. The first-order valence-electron chi connectivity index (χ1n) is 11.0. The second kappa shape index (κ2) is 8.27. The molecule has 1 aliphatic heterocycles. The van der Waals surface area contributed by atoms with Crippen LogP contribution in [0.15, 0.2) is 36.8 Å². The number of pyridine rings is 1. The topological polar surface area (TPSA) is 89.9 Å². The second-order valence-electron chi connectivity index (χ2n) is 8.42. The number of anilines is 1. The fourth-order valence-electron chi connectivity index (χ4n) is 4.67. The Kier molecular flexibility index (Phi) is 5.25. The van der Waals surface area contributed by atoms with E-state index >= 15 is 0 Å². The highest BCUT2D eigenvalue weighted by Crippen LogP contribution is 2.42. The smallest absolute Gasteiger partial charge is 0.253 e. The van der Waals surface area contributed by atoms with Crippen molar-refractivity contribution in [3.05, 3.63) is 59.4 Å². The number of hydrogen-bond donors (Lipinski definition) is 1. The molecule has 170 valence electrons. The summed E-state index contributed by atoms with van der Waals surface area (Å²) < 4.78 is 16.8. The number of carbonyl (C=O) groups is 1. The standard InChI is InChI=1S/C26H23FN6O/c1-4-19-22(27)15(2)18(13-29-19)23-20(21-24(28)30-14-31-25(21)32(23)3)16-7-9-17(10-8-16)26(34)33-11-5-6-12-33/h1,7-10,13-14H,5-6,11-12H2,2-3H3,(H2,28,30,31). The minimum atomic E-state index is -0.540. The fraction of sp³-hybridized carbons (Fsp3) is 0.231. The molecule has 5 rings (SSSR count). The van der Waals surface area contributed by atoms with E-state index in [4.69, 9.17) is 12.2 Å². The van der Waals surface area contributed by atoms with Crippen LogP contribution in [0.2, 0.25) is 0 Å². The molecule has 7 nitrogen and oxygen atoms in total. The number of amides is 1. The Hall–Kier alpha value is -4.25. The Morgan fingerprint density at radius 2 is 1.85 bits per heavy atom. The number of nitrogens with zero attached hydrogens (tertiary/aromatic N) is 5. The number of hydrogen-bond acceptors (Lipinski definition) is 5. The largest absolute Gasteiger partial charge is 0.383 e. The van der Waals surface area contributed by atoms with Crippen molar-refractivity contribution in [1.29, 1.82) is 0 Å². The summed E-state index contributed by atoms with van der Waals surface area (Å²) in [5.74, 6) is 2.08. The molecule has 3 aromatic heterocycles. The van der Waals surface area contributed by atoms with Crippen LogP contribution in [0, 0.1) is 25.1 Å². The number of nitrogen functional groups attached to an aromatic ring is 1. The van der Waals surface area contributed by atoms with E-state index in [9.17, 15) is 9.18 Å². The van der Waals surface area contributed by atoms with Crippen molar-refractivity contribution in [1.82, 2.24) is 24.4 Å². The van der Waals surface area contributed by atoms with Crippen molar-refractivity contribution < 1.29 is 9.18 Å². The number of fused-ring (bicyclic) bond motifs is 1. The lowest BCUT2D eigenvalue weighted by Gasteiger charge is -2.16. The highest BCUT2D eigenvalue weighted by molar-refractivity contribution is 6.08. The molecule has 8 heteroatoms. The van der Waals surface area contributed by atoms with Gasteiger partial charge < -0.3 is 15.2 Å². The van der Waals surface area contributed by atoms with E-state index in [1.165, 1.54) is 6.33 Å². The number of benzene rings is 1. The summed E-state index contributed by atoms with van der Waals surface area (Å²) in [6, 6.07) is 7.38. The summed E-state index contributed by atoms with van der Waals surface area (Å²) in [5.41, 5.74) is 10.7. The molecule has 0 unspecified atom stereocenters. The lowest BCUT2D eigenvalue weighted by Crippen LogP contribution is -2.27. The zero-order valence-corrected chi connectivity index (χ0v) is 19.0. The molecule has 0 spiro atoms. The Morgan fingerprint density at radius 3 is 2.53 bits per heavy atom. The van der Waals surface area contributed by atoms with Gasteiger partial charge in [0.15, 0.2) is 5.82 Å². The van der Waals surface area contributed by atoms with Crippen LogP contribution < -0.4 is 5.73 Å². The molecule has 0 bridgehead atoms. The number of carbonyl (C=O) groups excluding carboxylic acids is 1. The van der Waals surface area contributed by atoms with Crippen LogP contribution >= 0.6 is 0 Å². The molecule has 4 aromatic rings. The van der Waals surface area contributed by atoms with Gasteiger partial charge in [-0.25, -0.2) is 19.3 Å². The SMILES string of the molecule is C#Cc1ncc(-c2c(-c3ccc(C(=O)N4CCCC4)cc3)c3c(N)ncnc3n2C)c(C)c1F. The first kappa shape index (κ1) is 21.6. The number of halogens is 1. The van der Waals surface area contributed by atoms with Gasteiger partial charge in [0.1, 0.15) is 23.5 Å². The van der Waals surface area contributed by atoms with E-state index in [0.717, 1.165) is 37.1 Å². The molecular weight excluding hydrogens is 431 g/mol. The van der Waals surface area contributed by atoms with Crippen LogP contribution in [0.1, 0.15) is 34.5 Å². The molecule has 1 saturated heterocycles. The summed E-state index contributed by atoms with van der Waals surface area (Å²) in [5, 5.41) is 0.652. The summed E-state index contributed by atoms with van der Waals surface area (Å²) in [7, 11) is 1.84. The number of terminal acetylenes is 1. The maximum Gasteiger partial charge on any atom is 0.253 e. The lowest BCUT2D eigenvalue weighted by atomic mass is 9.96. The Morgan fingerprint density at radius 1 is 1.15 bits per heavy atom. The highest BCUT2D eigenvalue weighted by Gasteiger charge is 2.25. The number of aryl methyl sites for hydroxylation is 1. The molecule has 2 N–H and O–H groups in total. The van der Waals surface area contributed by atoms with Gasteiger partial charge in [0.2, 0.25) is 0 Å². The Labute approximate surface area is 196 Å². The highest BCUT2D eigenvalue weighted by atomic mass is 19.1. The third kappa shape index (κ3) is 3.28. The summed E-state index contributed by atoms with van der Waals surface area (Å²) in [6.45, 7) is 3.24. The molecule has 0 saturated carbocycles. The summed E-state index contributed by atoms with van der Waals surface area (Å²) >= 11 is 0. The molecule has 1 aromatic carbocycles. The zero-order chi connectivity index (χ0) is 24.0. The van der Waals surface area contributed by atoms with Gasteiger partial charge >= 0.3 is 0 Å². The van der Waals surface area contributed by atoms with Crippen molar-refractivity contribution in [3.8, 4) is 34.7 Å². The third-order valence-corrected chi connectivity index (χ3v) is 6.47. The molecule has 0 atom stereocenters. The second-order valence-corrected chi connectivity index (χ2v) is 8.42. The number of nitrogens with two attached hydrogens (primary N) is 1. The van der Waals surface area contributed by atoms with Gasteiger partial charge in [-0.3, -0.25) is 4.79 Å². The van der Waals surface area contributed by atoms with Gasteiger partial charge in [-0.2, -0.15) is 0 Å². The average Bonchev–Trinajstić information content (AvgIpc) is 3.48. The first-order valence-corrected chi connectivity index (χ1v) is 11.0. The predicted octanol–water partition coefficient (Wildman–Crippen LogP) is 3.94. The van der Waals surface area contributed by atoms with E-state index in [-0.39, 0.29) is 11.6 Å². The zero-order valence-electron chi connectivity index (χ0n) is 19.0. The van der Waals surface area contributed by atoms with Crippen LogP contribution in [0.4, 0.5) is 10.2 Å². The van der Waals surface area contributed by atoms with E-state index in [1.54, 1.807) is 13.1 Å². The van der Waals surface area contributed by atoms with Gasteiger partial charge in [-0.15, -0.1) is 6.42 Å². The van der Waals surface area contributed by atoms with E-state index in [0.29, 0.717) is 39.2 Å². The monoisotopic (exact) mass is 454 g/mol. The average molecular weight is 455 g/mol. The van der Waals surface area contributed by atoms with Gasteiger partial charge in [0, 0.05) is 43.0 Å². The number of aromatic nitrogens is 4. The normalized spacial score (nSPS) is 13.4. The van der Waals surface area contributed by atoms with Crippen molar-refractivity contribution >= 4 is 22.8 Å². The molecule has 34 heavy (non-hydrogen) atoms. The summed E-state index contributed by atoms with van der Waals surface area (Å²) in [4.78, 5) is 27.4. The lowest BCUT2D eigenvalue weighted by molar-refractivity contribution is 0.0793. The molecule has 0 aliphatic carbocycles. The van der Waals surface area contributed by atoms with Crippen LogP contribution in [0.25, 0.3) is 33.4 Å². The first-order chi connectivity index (χ1) is 16.4. The van der Waals surface area contributed by atoms with Gasteiger partial charge in [-0.05, 0) is 48.9 Å². The van der Waals surface area contributed by atoms with Gasteiger partial charge in [0.05, 0.1) is 11.1 Å². The number of likely N-dealkylation sites (tertiary alicyclic amines) is 1. The van der Waals surface area contributed by atoms with Crippen molar-refractivity contribution in [3.63, 3.8) is 0 Å². The third-order valence-electron chi connectivity index (χ3n) is 6.47. The minimum absolute atomic E-state index is 0.0250. The van der Waals surface area contributed by atoms with Crippen molar-refractivity contribution in [2.45, 2.75) is 19.8 Å². The molecule has 1 fully saturated rings. The number of rotatable bonds is 3. The van der Waals surface area contributed by atoms with E-state index < -0.39 is 5.82 Å². The quantitative estimate of drug-likeness (QED) is 0.474. The fourth-order valence-corrected chi connectivity index (χ4v) is 4.67. The van der Waals surface area contributed by atoms with Crippen LogP contribution in [-0.4, -0.2) is 43.4 Å². The van der Waals surface area contributed by atoms with Crippen LogP contribution in [-0.2, 0) is 7.05 Å². The molecule has 4 heterocycles. The molecule has 1 aliphatic rings. The summed E-state index contributed by atoms with van der Waals surface area (Å²) in [6.07, 6.45) is 10.4. The van der Waals surface area contributed by atoms with Gasteiger partial charge in [-0.1, -0.05) is 12.1 Å². The maximum absolute atomic E-state index is 14.9. The minimum Gasteiger partial charge on any atom is -0.383 e. The van der Waals surface area contributed by atoms with Gasteiger partial charge in [0.25, 0.3) is 5.91 Å². The van der Waals surface area contributed by atoms with Crippen molar-refractivity contribution in [2.24, 2.45) is 7.05 Å². The maximum atomic E-state index is 14.9. The van der Waals surface area contributed by atoms with Crippen molar-refractivity contribution in [2.75, 3.05) is 18.8 Å². The Balaban J connectivity index is 1.72. The molecule has 1 amide bonds. The van der Waals surface area contributed by atoms with Crippen LogP contribution in [0.5, 0.6) is 0 Å². The van der Waals surface area contributed by atoms with Crippen LogP contribution in [0.3, 0.4) is 0 Å². The van der Waals surface area contributed by atoms with E-state index in [2.05, 4.69) is 20.9 Å². The van der Waals surface area contributed by atoms with E-state index in [1.807, 2.05) is 40.8 Å². The predicted molar refractivity (Wildman–Crippen MR) is 129 cm³/mol. The molecule has 0 radical (unpaired) electrons.